The van der Waals surface area contributed by atoms with Gasteiger partial charge in [0.05, 0.1) is 13.7 Å². The fraction of sp³-hybridized carbons (Fsp3) is 0.846. The minimum Gasteiger partial charge on any atom is -0.468 e. The summed E-state index contributed by atoms with van der Waals surface area (Å²) in [6.45, 7) is 8.90. The Morgan fingerprint density at radius 1 is 1.11 bits per heavy atom. The monoisotopic (exact) mass is 258 g/mol. The standard InChI is InChI=1S/C13H26N2O3/c1-9(2)6-11(13(17)18-5)14-8-12(16)15-7-10(3)4/h9-11,14H,6-8H2,1-5H3,(H,15,16). The van der Waals surface area contributed by atoms with Crippen molar-refractivity contribution in [2.45, 2.75) is 40.2 Å². The first-order valence-electron chi connectivity index (χ1n) is 6.44. The highest BCUT2D eigenvalue weighted by atomic mass is 16.5. The molecule has 0 bridgehead atoms. The lowest BCUT2D eigenvalue weighted by atomic mass is 10.0. The minimum atomic E-state index is -0.417. The Morgan fingerprint density at radius 2 is 1.72 bits per heavy atom. The second-order valence-electron chi connectivity index (χ2n) is 5.28. The van der Waals surface area contributed by atoms with E-state index in [1.54, 1.807) is 0 Å². The summed E-state index contributed by atoms with van der Waals surface area (Å²) < 4.78 is 4.71. The Kier molecular flexibility index (Phi) is 8.37. The molecule has 1 atom stereocenters. The van der Waals surface area contributed by atoms with Crippen LogP contribution in [0, 0.1) is 11.8 Å². The lowest BCUT2D eigenvalue weighted by molar-refractivity contribution is -0.143. The molecule has 0 aliphatic rings. The molecule has 5 nitrogen and oxygen atoms in total. The van der Waals surface area contributed by atoms with Crippen LogP contribution in [0.2, 0.25) is 0 Å². The van der Waals surface area contributed by atoms with Crippen LogP contribution in [0.5, 0.6) is 0 Å². The molecule has 0 heterocycles. The minimum absolute atomic E-state index is 0.0960. The van der Waals surface area contributed by atoms with Crippen LogP contribution in [-0.4, -0.2) is 38.1 Å². The molecular weight excluding hydrogens is 232 g/mol. The summed E-state index contributed by atoms with van der Waals surface area (Å²) in [6, 6.07) is -0.417. The van der Waals surface area contributed by atoms with Gasteiger partial charge >= 0.3 is 5.97 Å². The van der Waals surface area contributed by atoms with Gasteiger partial charge in [-0.15, -0.1) is 0 Å². The van der Waals surface area contributed by atoms with Crippen molar-refractivity contribution in [1.82, 2.24) is 10.6 Å². The van der Waals surface area contributed by atoms with Gasteiger partial charge in [0.2, 0.25) is 5.91 Å². The van der Waals surface area contributed by atoms with Crippen molar-refractivity contribution in [1.29, 1.82) is 0 Å². The summed E-state index contributed by atoms with van der Waals surface area (Å²) in [7, 11) is 1.36. The van der Waals surface area contributed by atoms with E-state index < -0.39 is 6.04 Å². The third-order valence-corrected chi connectivity index (χ3v) is 2.41. The lowest BCUT2D eigenvalue weighted by Gasteiger charge is -2.18. The molecule has 5 heteroatoms. The van der Waals surface area contributed by atoms with Gasteiger partial charge in [-0.3, -0.25) is 14.9 Å². The van der Waals surface area contributed by atoms with Gasteiger partial charge in [-0.05, 0) is 18.3 Å². The molecule has 1 amide bonds. The lowest BCUT2D eigenvalue weighted by Crippen LogP contribution is -2.44. The normalized spacial score (nSPS) is 12.6. The van der Waals surface area contributed by atoms with E-state index in [0.29, 0.717) is 24.8 Å². The van der Waals surface area contributed by atoms with Crippen molar-refractivity contribution in [3.05, 3.63) is 0 Å². The number of nitrogens with one attached hydrogen (secondary N) is 2. The van der Waals surface area contributed by atoms with E-state index in [2.05, 4.69) is 10.6 Å². The van der Waals surface area contributed by atoms with Crippen molar-refractivity contribution in [3.63, 3.8) is 0 Å². The quantitative estimate of drug-likeness (QED) is 0.636. The molecule has 0 aromatic carbocycles. The van der Waals surface area contributed by atoms with Crippen LogP contribution in [0.1, 0.15) is 34.1 Å². The molecule has 1 unspecified atom stereocenters. The van der Waals surface area contributed by atoms with Crippen LogP contribution in [0.4, 0.5) is 0 Å². The molecule has 0 fully saturated rings. The van der Waals surface area contributed by atoms with E-state index in [1.807, 2.05) is 27.7 Å². The topological polar surface area (TPSA) is 67.4 Å². The average molecular weight is 258 g/mol. The molecule has 0 radical (unpaired) electrons. The number of hydrogen-bond acceptors (Lipinski definition) is 4. The molecule has 18 heavy (non-hydrogen) atoms. The van der Waals surface area contributed by atoms with Crippen LogP contribution in [0.25, 0.3) is 0 Å². The zero-order valence-corrected chi connectivity index (χ0v) is 12.1. The molecule has 0 aromatic heterocycles. The third-order valence-electron chi connectivity index (χ3n) is 2.41. The Labute approximate surface area is 110 Å². The molecule has 0 aliphatic heterocycles. The van der Waals surface area contributed by atoms with E-state index in [9.17, 15) is 9.59 Å². The summed E-state index contributed by atoms with van der Waals surface area (Å²) in [5.41, 5.74) is 0. The number of carbonyl (C=O) groups excluding carboxylic acids is 2. The summed E-state index contributed by atoms with van der Waals surface area (Å²) in [5, 5.41) is 5.73. The number of hydrogen-bond donors (Lipinski definition) is 2. The van der Waals surface area contributed by atoms with E-state index in [4.69, 9.17) is 4.74 Å². The molecular formula is C13H26N2O3. The Bertz CT molecular complexity index is 265. The van der Waals surface area contributed by atoms with Gasteiger partial charge in [0, 0.05) is 6.54 Å². The molecule has 0 aliphatic carbocycles. The molecule has 0 rings (SSSR count). The van der Waals surface area contributed by atoms with Gasteiger partial charge in [-0.1, -0.05) is 27.7 Å². The predicted molar refractivity (Wildman–Crippen MR) is 71.1 cm³/mol. The second-order valence-corrected chi connectivity index (χ2v) is 5.28. The van der Waals surface area contributed by atoms with E-state index in [0.717, 1.165) is 0 Å². The van der Waals surface area contributed by atoms with Gasteiger partial charge in [-0.2, -0.15) is 0 Å². The summed E-state index contributed by atoms with van der Waals surface area (Å²) >= 11 is 0. The fourth-order valence-corrected chi connectivity index (χ4v) is 1.47. The highest BCUT2D eigenvalue weighted by molar-refractivity contribution is 5.80. The summed E-state index contributed by atoms with van der Waals surface area (Å²) in [6.07, 6.45) is 0.657. The Balaban J connectivity index is 4.09. The van der Waals surface area contributed by atoms with Gasteiger partial charge in [0.15, 0.2) is 0 Å². The molecule has 0 spiro atoms. The highest BCUT2D eigenvalue weighted by Gasteiger charge is 2.20. The molecule has 106 valence electrons. The molecule has 0 aromatic rings. The van der Waals surface area contributed by atoms with E-state index in [-0.39, 0.29) is 18.4 Å². The number of carbonyl (C=O) groups is 2. The second kappa shape index (κ2) is 8.91. The van der Waals surface area contributed by atoms with Crippen LogP contribution < -0.4 is 10.6 Å². The SMILES string of the molecule is COC(=O)C(CC(C)C)NCC(=O)NCC(C)C. The first kappa shape index (κ1) is 16.9. The predicted octanol–water partition coefficient (Wildman–Crippen LogP) is 0.936. The third kappa shape index (κ3) is 8.06. The van der Waals surface area contributed by atoms with Gasteiger partial charge in [0.1, 0.15) is 6.04 Å². The fourth-order valence-electron chi connectivity index (χ4n) is 1.47. The van der Waals surface area contributed by atoms with Gasteiger partial charge < -0.3 is 10.1 Å². The maximum atomic E-state index is 11.5. The van der Waals surface area contributed by atoms with E-state index in [1.165, 1.54) is 7.11 Å². The number of esters is 1. The zero-order valence-electron chi connectivity index (χ0n) is 12.1. The van der Waals surface area contributed by atoms with Crippen molar-refractivity contribution in [2.24, 2.45) is 11.8 Å². The maximum absolute atomic E-state index is 11.5. The van der Waals surface area contributed by atoms with Gasteiger partial charge in [-0.25, -0.2) is 0 Å². The number of amides is 1. The molecule has 0 saturated carbocycles. The number of methoxy groups -OCH3 is 1. The summed E-state index contributed by atoms with van der Waals surface area (Å²) in [4.78, 5) is 23.0. The Hall–Kier alpha value is -1.10. The van der Waals surface area contributed by atoms with Gasteiger partial charge in [0.25, 0.3) is 0 Å². The average Bonchev–Trinajstić information content (AvgIpc) is 2.30. The largest absolute Gasteiger partial charge is 0.468 e. The van der Waals surface area contributed by atoms with Crippen molar-refractivity contribution < 1.29 is 14.3 Å². The molecule has 0 saturated heterocycles. The summed E-state index contributed by atoms with van der Waals surface area (Å²) in [5.74, 6) is 0.364. The molecule has 2 N–H and O–H groups in total. The van der Waals surface area contributed by atoms with Crippen LogP contribution in [-0.2, 0) is 14.3 Å². The Morgan fingerprint density at radius 3 is 2.17 bits per heavy atom. The van der Waals surface area contributed by atoms with E-state index >= 15 is 0 Å². The van der Waals surface area contributed by atoms with Crippen molar-refractivity contribution >= 4 is 11.9 Å². The first-order chi connectivity index (χ1) is 8.36. The van der Waals surface area contributed by atoms with Crippen molar-refractivity contribution in [2.75, 3.05) is 20.2 Å². The van der Waals surface area contributed by atoms with Crippen molar-refractivity contribution in [3.8, 4) is 0 Å². The zero-order chi connectivity index (χ0) is 14.1. The van der Waals surface area contributed by atoms with Crippen LogP contribution in [0.3, 0.4) is 0 Å². The smallest absolute Gasteiger partial charge is 0.322 e. The van der Waals surface area contributed by atoms with Crippen LogP contribution >= 0.6 is 0 Å². The highest BCUT2D eigenvalue weighted by Crippen LogP contribution is 2.05. The number of rotatable bonds is 8. The number of ether oxygens (including phenoxy) is 1. The maximum Gasteiger partial charge on any atom is 0.322 e. The van der Waals surface area contributed by atoms with Crippen LogP contribution in [0.15, 0.2) is 0 Å². The first-order valence-corrected chi connectivity index (χ1v) is 6.44.